The first-order valence-corrected chi connectivity index (χ1v) is 6.92. The van der Waals surface area contributed by atoms with E-state index < -0.39 is 0 Å². The minimum atomic E-state index is -0.0582. The number of rotatable bonds is 5. The van der Waals surface area contributed by atoms with Crippen LogP contribution in [-0.2, 0) is 4.79 Å². The highest BCUT2D eigenvalue weighted by molar-refractivity contribution is 6.28. The molecule has 1 saturated carbocycles. The maximum atomic E-state index is 11.8. The molecule has 0 bridgehead atoms. The Morgan fingerprint density at radius 1 is 1.48 bits per heavy atom. The average Bonchev–Trinajstić information content (AvgIpc) is 3.07. The monoisotopic (exact) mass is 307 g/mol. The zero-order valence-electron chi connectivity index (χ0n) is 11.4. The average molecular weight is 308 g/mol. The summed E-state index contributed by atoms with van der Waals surface area (Å²) >= 11 is 5.91. The van der Waals surface area contributed by atoms with Crippen LogP contribution in [0.3, 0.4) is 0 Å². The van der Waals surface area contributed by atoms with Crippen LogP contribution in [-0.4, -0.2) is 50.3 Å². The first-order valence-electron chi connectivity index (χ1n) is 6.54. The molecule has 21 heavy (non-hydrogen) atoms. The van der Waals surface area contributed by atoms with Gasteiger partial charge in [0.25, 0.3) is 5.95 Å². The summed E-state index contributed by atoms with van der Waals surface area (Å²) in [4.78, 5) is 25.7. The lowest BCUT2D eigenvalue weighted by atomic mass is 10.5. The summed E-state index contributed by atoms with van der Waals surface area (Å²) < 4.78 is 1.48. The van der Waals surface area contributed by atoms with Crippen LogP contribution in [0.2, 0.25) is 5.28 Å². The van der Waals surface area contributed by atoms with Gasteiger partial charge in [-0.15, -0.1) is 0 Å². The molecule has 3 rings (SSSR count). The van der Waals surface area contributed by atoms with Crippen LogP contribution in [0.15, 0.2) is 18.5 Å². The molecule has 2 aromatic rings. The topological polar surface area (TPSA) is 88.8 Å². The maximum absolute atomic E-state index is 11.8. The highest BCUT2D eigenvalue weighted by Crippen LogP contribution is 2.18. The molecule has 0 spiro atoms. The van der Waals surface area contributed by atoms with Crippen molar-refractivity contribution in [1.29, 1.82) is 0 Å². The fourth-order valence-corrected chi connectivity index (χ4v) is 1.93. The van der Waals surface area contributed by atoms with Crippen molar-refractivity contribution in [2.45, 2.75) is 18.9 Å². The quantitative estimate of drug-likeness (QED) is 0.861. The molecule has 1 fully saturated rings. The van der Waals surface area contributed by atoms with Crippen molar-refractivity contribution in [2.75, 3.05) is 18.5 Å². The summed E-state index contributed by atoms with van der Waals surface area (Å²) in [6.45, 7) is 0.162. The molecule has 0 saturated heterocycles. The van der Waals surface area contributed by atoms with Gasteiger partial charge in [-0.05, 0) is 30.5 Å². The molecule has 0 unspecified atom stereocenters. The number of anilines is 1. The van der Waals surface area contributed by atoms with Gasteiger partial charge in [-0.2, -0.15) is 20.1 Å². The van der Waals surface area contributed by atoms with Gasteiger partial charge in [0.15, 0.2) is 0 Å². The van der Waals surface area contributed by atoms with Crippen molar-refractivity contribution in [3.8, 4) is 5.95 Å². The van der Waals surface area contributed by atoms with Crippen molar-refractivity contribution in [1.82, 2.24) is 30.0 Å². The third-order valence-corrected chi connectivity index (χ3v) is 3.13. The fourth-order valence-electron chi connectivity index (χ4n) is 1.78. The lowest BCUT2D eigenvalue weighted by molar-refractivity contribution is -0.119. The Morgan fingerprint density at radius 2 is 2.29 bits per heavy atom. The van der Waals surface area contributed by atoms with Crippen LogP contribution in [0.1, 0.15) is 12.8 Å². The molecule has 1 aliphatic carbocycles. The Kier molecular flexibility index (Phi) is 3.70. The number of nitrogens with one attached hydrogen (secondary N) is 1. The van der Waals surface area contributed by atoms with Gasteiger partial charge >= 0.3 is 0 Å². The predicted molar refractivity (Wildman–Crippen MR) is 76.4 cm³/mol. The van der Waals surface area contributed by atoms with Crippen LogP contribution < -0.4 is 10.2 Å². The summed E-state index contributed by atoms with van der Waals surface area (Å²) in [5, 5.41) is 7.01. The van der Waals surface area contributed by atoms with Crippen LogP contribution in [0.4, 0.5) is 5.95 Å². The van der Waals surface area contributed by atoms with Gasteiger partial charge in [0, 0.05) is 25.5 Å². The van der Waals surface area contributed by atoms with E-state index in [-0.39, 0.29) is 17.7 Å². The number of hydrogen-bond acceptors (Lipinski definition) is 6. The molecule has 9 heteroatoms. The second-order valence-corrected chi connectivity index (χ2v) is 5.19. The first-order chi connectivity index (χ1) is 10.1. The van der Waals surface area contributed by atoms with Crippen molar-refractivity contribution in [3.63, 3.8) is 0 Å². The third kappa shape index (κ3) is 3.46. The molecular weight excluding hydrogens is 294 g/mol. The lowest BCUT2D eigenvalue weighted by Gasteiger charge is -2.16. The van der Waals surface area contributed by atoms with Crippen LogP contribution in [0.25, 0.3) is 5.95 Å². The number of nitrogens with zero attached hydrogens (tertiary/aromatic N) is 6. The number of halogens is 1. The Labute approximate surface area is 126 Å². The van der Waals surface area contributed by atoms with Crippen molar-refractivity contribution < 1.29 is 4.79 Å². The van der Waals surface area contributed by atoms with Crippen LogP contribution in [0, 0.1) is 0 Å². The van der Waals surface area contributed by atoms with Gasteiger partial charge in [-0.3, -0.25) is 4.79 Å². The van der Waals surface area contributed by atoms with E-state index in [2.05, 4.69) is 25.4 Å². The van der Waals surface area contributed by atoms with Crippen molar-refractivity contribution in [3.05, 3.63) is 23.7 Å². The zero-order valence-corrected chi connectivity index (χ0v) is 12.2. The summed E-state index contributed by atoms with van der Waals surface area (Å²) in [7, 11) is 1.73. The molecule has 2 aromatic heterocycles. The molecule has 2 heterocycles. The van der Waals surface area contributed by atoms with E-state index in [4.69, 9.17) is 11.6 Å². The molecule has 0 atom stereocenters. The van der Waals surface area contributed by atoms with Crippen molar-refractivity contribution in [2.24, 2.45) is 0 Å². The number of likely N-dealkylation sites (N-methyl/N-ethyl adjacent to an activating group) is 1. The minimum Gasteiger partial charge on any atom is -0.352 e. The molecule has 0 radical (unpaired) electrons. The molecule has 1 N–H and O–H groups in total. The van der Waals surface area contributed by atoms with Crippen molar-refractivity contribution >= 4 is 23.5 Å². The van der Waals surface area contributed by atoms with E-state index in [0.717, 1.165) is 12.8 Å². The number of hydrogen-bond donors (Lipinski definition) is 1. The van der Waals surface area contributed by atoms with Gasteiger partial charge in [0.05, 0.1) is 6.54 Å². The van der Waals surface area contributed by atoms with E-state index in [1.54, 1.807) is 30.4 Å². The molecule has 110 valence electrons. The summed E-state index contributed by atoms with van der Waals surface area (Å²) in [6, 6.07) is 2.08. The van der Waals surface area contributed by atoms with Gasteiger partial charge < -0.3 is 10.2 Å². The SMILES string of the molecule is CN(CC(=O)NC1CC1)c1nc(Cl)nc(-n2cccn2)n1. The fraction of sp³-hybridized carbons (Fsp3) is 0.417. The van der Waals surface area contributed by atoms with E-state index in [1.165, 1.54) is 4.68 Å². The summed E-state index contributed by atoms with van der Waals surface area (Å²) in [5.41, 5.74) is 0. The normalized spacial score (nSPS) is 14.0. The largest absolute Gasteiger partial charge is 0.352 e. The van der Waals surface area contributed by atoms with Crippen LogP contribution >= 0.6 is 11.6 Å². The smallest absolute Gasteiger partial charge is 0.256 e. The number of aromatic nitrogens is 5. The molecule has 0 aromatic carbocycles. The molecular formula is C12H14ClN7O. The van der Waals surface area contributed by atoms with Gasteiger partial charge in [-0.1, -0.05) is 0 Å². The van der Waals surface area contributed by atoms with Gasteiger partial charge in [0.2, 0.25) is 17.1 Å². The van der Waals surface area contributed by atoms with E-state index >= 15 is 0 Å². The first kappa shape index (κ1) is 13.7. The molecule has 0 aliphatic heterocycles. The minimum absolute atomic E-state index is 0.0555. The van der Waals surface area contributed by atoms with E-state index in [1.807, 2.05) is 0 Å². The highest BCUT2D eigenvalue weighted by atomic mass is 35.5. The molecule has 8 nitrogen and oxygen atoms in total. The predicted octanol–water partition coefficient (Wildman–Crippen LogP) is 0.425. The van der Waals surface area contributed by atoms with Gasteiger partial charge in [0.1, 0.15) is 0 Å². The standard InChI is InChI=1S/C12H14ClN7O/c1-19(7-9(21)15-8-3-4-8)11-16-10(13)17-12(18-11)20-6-2-5-14-20/h2,5-6,8H,3-4,7H2,1H3,(H,15,21). The Hall–Kier alpha value is -2.22. The van der Waals surface area contributed by atoms with Gasteiger partial charge in [-0.25, -0.2) is 4.68 Å². The van der Waals surface area contributed by atoms with Crippen LogP contribution in [0.5, 0.6) is 0 Å². The third-order valence-electron chi connectivity index (χ3n) is 2.96. The van der Waals surface area contributed by atoms with E-state index in [0.29, 0.717) is 17.9 Å². The number of carbonyl (C=O) groups excluding carboxylic acids is 1. The number of carbonyl (C=O) groups is 1. The second-order valence-electron chi connectivity index (χ2n) is 4.85. The maximum Gasteiger partial charge on any atom is 0.256 e. The second kappa shape index (κ2) is 5.65. The lowest BCUT2D eigenvalue weighted by Crippen LogP contribution is -2.37. The Balaban J connectivity index is 1.75. The highest BCUT2D eigenvalue weighted by Gasteiger charge is 2.24. The zero-order chi connectivity index (χ0) is 14.8. The number of amides is 1. The Bertz CT molecular complexity index is 641. The molecule has 1 amide bonds. The summed E-state index contributed by atoms with van der Waals surface area (Å²) in [6.07, 6.45) is 5.42. The van der Waals surface area contributed by atoms with E-state index in [9.17, 15) is 4.79 Å². The summed E-state index contributed by atoms with van der Waals surface area (Å²) in [5.74, 6) is 0.577. The Morgan fingerprint density at radius 3 is 2.95 bits per heavy atom. The molecule has 1 aliphatic rings.